The van der Waals surface area contributed by atoms with Gasteiger partial charge < -0.3 is 10.1 Å². The van der Waals surface area contributed by atoms with Gasteiger partial charge in [-0.3, -0.25) is 4.79 Å². The minimum Gasteiger partial charge on any atom is -0.423 e. The fraction of sp³-hybridized carbons (Fsp3) is 0.0588. The molecule has 0 aliphatic carbocycles. The lowest BCUT2D eigenvalue weighted by Gasteiger charge is -2.04. The summed E-state index contributed by atoms with van der Waals surface area (Å²) in [6.45, 7) is 0. The summed E-state index contributed by atoms with van der Waals surface area (Å²) < 4.78 is 5.29. The van der Waals surface area contributed by atoms with E-state index in [0.29, 0.717) is 27.3 Å². The van der Waals surface area contributed by atoms with Gasteiger partial charge in [0.1, 0.15) is 5.75 Å². The molecule has 1 fully saturated rings. The molecule has 1 heterocycles. The van der Waals surface area contributed by atoms with Gasteiger partial charge in [0, 0.05) is 5.02 Å². The minimum atomic E-state index is -0.482. The van der Waals surface area contributed by atoms with Crippen molar-refractivity contribution in [2.24, 2.45) is 10.2 Å². The van der Waals surface area contributed by atoms with Crippen LogP contribution in [-0.4, -0.2) is 29.0 Å². The lowest BCUT2D eigenvalue weighted by molar-refractivity contribution is -0.116. The second-order valence-corrected chi connectivity index (χ2v) is 6.36. The Bertz CT molecular complexity index is 866. The van der Waals surface area contributed by atoms with E-state index in [-0.39, 0.29) is 5.91 Å². The number of esters is 1. The number of nitrogens with zero attached hydrogens (tertiary/aromatic N) is 2. The summed E-state index contributed by atoms with van der Waals surface area (Å²) in [5.74, 6) is 0.210. The molecule has 0 aromatic heterocycles. The molecule has 8 heteroatoms. The van der Waals surface area contributed by atoms with E-state index in [1.807, 2.05) is 0 Å². The van der Waals surface area contributed by atoms with Gasteiger partial charge in [0.25, 0.3) is 0 Å². The number of amides is 1. The second kappa shape index (κ2) is 7.96. The molecule has 2 aromatic rings. The van der Waals surface area contributed by atoms with Gasteiger partial charge in [-0.05, 0) is 48.0 Å². The summed E-state index contributed by atoms with van der Waals surface area (Å²) in [6.07, 6.45) is 1.54. The van der Waals surface area contributed by atoms with E-state index in [0.717, 1.165) is 5.56 Å². The van der Waals surface area contributed by atoms with Crippen LogP contribution in [-0.2, 0) is 4.79 Å². The third kappa shape index (κ3) is 4.91. The number of hydrogen-bond donors (Lipinski definition) is 1. The van der Waals surface area contributed by atoms with E-state index in [2.05, 4.69) is 15.5 Å². The molecule has 0 atom stereocenters. The molecule has 0 bridgehead atoms. The molecule has 1 N–H and O–H groups in total. The highest BCUT2D eigenvalue weighted by Crippen LogP contribution is 2.16. The van der Waals surface area contributed by atoms with Crippen molar-refractivity contribution in [1.82, 2.24) is 5.32 Å². The second-order valence-electron chi connectivity index (χ2n) is 4.96. The van der Waals surface area contributed by atoms with Crippen molar-refractivity contribution in [3.63, 3.8) is 0 Å². The number of nitrogens with one attached hydrogen (secondary N) is 1. The first-order valence-electron chi connectivity index (χ1n) is 7.22. The topological polar surface area (TPSA) is 80.1 Å². The van der Waals surface area contributed by atoms with Gasteiger partial charge in [0.2, 0.25) is 5.91 Å². The van der Waals surface area contributed by atoms with Gasteiger partial charge in [0.15, 0.2) is 5.17 Å². The molecule has 0 spiro atoms. The highest BCUT2D eigenvalue weighted by molar-refractivity contribution is 8.15. The van der Waals surface area contributed by atoms with Crippen molar-refractivity contribution in [2.75, 3.05) is 5.75 Å². The molecule has 0 saturated carbocycles. The van der Waals surface area contributed by atoms with Gasteiger partial charge in [0.05, 0.1) is 17.5 Å². The summed E-state index contributed by atoms with van der Waals surface area (Å²) >= 11 is 7.16. The number of benzene rings is 2. The zero-order chi connectivity index (χ0) is 17.6. The van der Waals surface area contributed by atoms with Gasteiger partial charge in [-0.25, -0.2) is 4.79 Å². The molecule has 3 rings (SSSR count). The number of carbonyl (C=O) groups excluding carboxylic acids is 2. The molecule has 1 aliphatic heterocycles. The SMILES string of the molecule is O=C1CSC(=N/N=C\c2ccc(OC(=O)c3cccc(Cl)c3)cc2)N1. The molecular formula is C17H12ClN3O3S. The van der Waals surface area contributed by atoms with E-state index in [1.165, 1.54) is 11.8 Å². The first-order valence-corrected chi connectivity index (χ1v) is 8.58. The van der Waals surface area contributed by atoms with Crippen LogP contribution in [0.25, 0.3) is 0 Å². The van der Waals surface area contributed by atoms with Crippen LogP contribution in [0.15, 0.2) is 58.7 Å². The lowest BCUT2D eigenvalue weighted by Crippen LogP contribution is -2.19. The zero-order valence-corrected chi connectivity index (χ0v) is 14.4. The largest absolute Gasteiger partial charge is 0.423 e. The van der Waals surface area contributed by atoms with Crippen molar-refractivity contribution >= 4 is 46.6 Å². The molecule has 2 aromatic carbocycles. The smallest absolute Gasteiger partial charge is 0.343 e. The Morgan fingerprint density at radius 2 is 2.04 bits per heavy atom. The Morgan fingerprint density at radius 1 is 1.24 bits per heavy atom. The number of ether oxygens (including phenoxy) is 1. The number of halogens is 1. The number of hydrogen-bond acceptors (Lipinski definition) is 6. The van der Waals surface area contributed by atoms with Crippen LogP contribution in [0.4, 0.5) is 0 Å². The van der Waals surface area contributed by atoms with Crippen LogP contribution in [0.5, 0.6) is 5.75 Å². The van der Waals surface area contributed by atoms with Crippen molar-refractivity contribution in [3.05, 3.63) is 64.7 Å². The van der Waals surface area contributed by atoms with Crippen molar-refractivity contribution in [2.45, 2.75) is 0 Å². The van der Waals surface area contributed by atoms with Crippen molar-refractivity contribution < 1.29 is 14.3 Å². The summed E-state index contributed by atoms with van der Waals surface area (Å²) in [7, 11) is 0. The number of rotatable bonds is 4. The summed E-state index contributed by atoms with van der Waals surface area (Å²) in [5.41, 5.74) is 1.16. The minimum absolute atomic E-state index is 0.0789. The molecule has 0 radical (unpaired) electrons. The van der Waals surface area contributed by atoms with E-state index >= 15 is 0 Å². The van der Waals surface area contributed by atoms with Crippen LogP contribution in [0.2, 0.25) is 5.02 Å². The van der Waals surface area contributed by atoms with Gasteiger partial charge >= 0.3 is 5.97 Å². The molecule has 1 aliphatic rings. The summed E-state index contributed by atoms with van der Waals surface area (Å²) in [6, 6.07) is 13.3. The average Bonchev–Trinajstić information content (AvgIpc) is 3.02. The third-order valence-corrected chi connectivity index (χ3v) is 4.19. The van der Waals surface area contributed by atoms with Crippen LogP contribution in [0.1, 0.15) is 15.9 Å². The normalized spacial score (nSPS) is 15.6. The lowest BCUT2D eigenvalue weighted by atomic mass is 10.2. The van der Waals surface area contributed by atoms with Crippen LogP contribution in [0.3, 0.4) is 0 Å². The zero-order valence-electron chi connectivity index (χ0n) is 12.8. The van der Waals surface area contributed by atoms with Crippen LogP contribution >= 0.6 is 23.4 Å². The fourth-order valence-electron chi connectivity index (χ4n) is 1.93. The molecule has 0 unspecified atom stereocenters. The number of amidine groups is 1. The van der Waals surface area contributed by atoms with E-state index < -0.39 is 5.97 Å². The maximum atomic E-state index is 12.0. The van der Waals surface area contributed by atoms with Crippen molar-refractivity contribution in [1.29, 1.82) is 0 Å². The predicted molar refractivity (Wildman–Crippen MR) is 98.5 cm³/mol. The molecule has 25 heavy (non-hydrogen) atoms. The molecular weight excluding hydrogens is 362 g/mol. The number of thioether (sulfide) groups is 1. The van der Waals surface area contributed by atoms with Crippen LogP contribution in [0, 0.1) is 0 Å². The Balaban J connectivity index is 1.60. The Kier molecular flexibility index (Phi) is 5.47. The summed E-state index contributed by atoms with van der Waals surface area (Å²) in [5, 5.41) is 11.4. The molecule has 126 valence electrons. The maximum Gasteiger partial charge on any atom is 0.343 e. The van der Waals surface area contributed by atoms with E-state index in [4.69, 9.17) is 16.3 Å². The van der Waals surface area contributed by atoms with Gasteiger partial charge in [-0.2, -0.15) is 5.10 Å². The van der Waals surface area contributed by atoms with Crippen molar-refractivity contribution in [3.8, 4) is 5.75 Å². The Labute approximate surface area is 152 Å². The highest BCUT2D eigenvalue weighted by atomic mass is 35.5. The maximum absolute atomic E-state index is 12.0. The fourth-order valence-corrected chi connectivity index (χ4v) is 2.75. The molecule has 1 saturated heterocycles. The van der Waals surface area contributed by atoms with Gasteiger partial charge in [-0.15, -0.1) is 5.10 Å². The highest BCUT2D eigenvalue weighted by Gasteiger charge is 2.15. The molecule has 1 amide bonds. The summed E-state index contributed by atoms with van der Waals surface area (Å²) in [4.78, 5) is 23.1. The van der Waals surface area contributed by atoms with E-state index in [9.17, 15) is 9.59 Å². The predicted octanol–water partition coefficient (Wildman–Crippen LogP) is 3.11. The first kappa shape index (κ1) is 17.2. The molecule has 6 nitrogen and oxygen atoms in total. The third-order valence-electron chi connectivity index (χ3n) is 3.09. The Hall–Kier alpha value is -2.64. The monoisotopic (exact) mass is 373 g/mol. The van der Waals surface area contributed by atoms with E-state index in [1.54, 1.807) is 54.7 Å². The first-order chi connectivity index (χ1) is 12.1. The van der Waals surface area contributed by atoms with Crippen LogP contribution < -0.4 is 10.1 Å². The quantitative estimate of drug-likeness (QED) is 0.386. The number of carbonyl (C=O) groups is 2. The Morgan fingerprint density at radius 3 is 2.72 bits per heavy atom. The van der Waals surface area contributed by atoms with Gasteiger partial charge in [-0.1, -0.05) is 29.4 Å². The average molecular weight is 374 g/mol. The standard InChI is InChI=1S/C17H12ClN3O3S/c18-13-3-1-2-12(8-13)16(23)24-14-6-4-11(5-7-14)9-19-21-17-20-15(22)10-25-17/h1-9H,10H2,(H,20,21,22)/b19-9-.